The molecule has 0 fully saturated rings. The number of carbonyl (C=O) groups excluding carboxylic acids is 2. The number of ether oxygens (including phenoxy) is 2. The van der Waals surface area contributed by atoms with Gasteiger partial charge in [0.2, 0.25) is 0 Å². The fourth-order valence-electron chi connectivity index (χ4n) is 4.72. The van der Waals surface area contributed by atoms with Crippen molar-refractivity contribution in [2.24, 2.45) is 0 Å². The van der Waals surface area contributed by atoms with Crippen LogP contribution in [0.3, 0.4) is 0 Å². The van der Waals surface area contributed by atoms with Gasteiger partial charge in [0.05, 0.1) is 34.0 Å². The van der Waals surface area contributed by atoms with E-state index in [-0.39, 0.29) is 43.1 Å². The van der Waals surface area contributed by atoms with Gasteiger partial charge in [-0.2, -0.15) is 13.2 Å². The van der Waals surface area contributed by atoms with Gasteiger partial charge >= 0.3 is 25.7 Å². The summed E-state index contributed by atoms with van der Waals surface area (Å²) in [5.74, 6) is 0.00912. The summed E-state index contributed by atoms with van der Waals surface area (Å²) in [6.07, 6.45) is -1.47. The summed E-state index contributed by atoms with van der Waals surface area (Å²) in [7, 11) is 0. The first-order valence-corrected chi connectivity index (χ1v) is 14.4. The van der Waals surface area contributed by atoms with E-state index >= 15 is 0 Å². The molecule has 7 rings (SSSR count). The van der Waals surface area contributed by atoms with Crippen molar-refractivity contribution in [1.82, 2.24) is 40.3 Å². The first kappa shape index (κ1) is 36.1. The molecular formula is C34H20F4N8O4Ru. The van der Waals surface area contributed by atoms with Crippen molar-refractivity contribution in [2.45, 2.75) is 13.1 Å². The second-order valence-corrected chi connectivity index (χ2v) is 10.3. The summed E-state index contributed by atoms with van der Waals surface area (Å²) < 4.78 is 61.6. The number of alkyl halides is 3. The van der Waals surface area contributed by atoms with E-state index in [1.807, 2.05) is 0 Å². The Balaban J connectivity index is 0.000000204. The smallest absolute Gasteiger partial charge is 0.574 e. The zero-order chi connectivity index (χ0) is 35.3. The molecular weight excluding hydrogens is 761 g/mol. The van der Waals surface area contributed by atoms with E-state index in [2.05, 4.69) is 40.3 Å². The molecule has 0 N–H and O–H groups in total. The Labute approximate surface area is 298 Å². The molecule has 0 aliphatic carbocycles. The van der Waals surface area contributed by atoms with Gasteiger partial charge in [-0.15, -0.1) is 0 Å². The maximum absolute atomic E-state index is 14.2. The molecule has 0 saturated heterocycles. The van der Waals surface area contributed by atoms with Crippen LogP contribution in [0.25, 0.3) is 56.3 Å². The number of hydrogen-bond acceptors (Lipinski definition) is 10. The molecule has 0 radical (unpaired) electrons. The van der Waals surface area contributed by atoms with Crippen LogP contribution in [0.4, 0.5) is 17.6 Å². The normalized spacial score (nSPS) is 10.8. The molecule has 0 unspecified atom stereocenters. The van der Waals surface area contributed by atoms with Crippen molar-refractivity contribution in [1.29, 1.82) is 0 Å². The Kier molecular flexibility index (Phi) is 11.0. The summed E-state index contributed by atoms with van der Waals surface area (Å²) in [5, 5.41) is 15.1. The van der Waals surface area contributed by atoms with Gasteiger partial charge in [-0.3, -0.25) is 24.5 Å². The van der Waals surface area contributed by atoms with Crippen LogP contribution in [0, 0.1) is 12.7 Å². The van der Waals surface area contributed by atoms with Crippen LogP contribution >= 0.6 is 0 Å². The third kappa shape index (κ3) is 8.51. The number of carbonyl (C=O) groups is 2. The minimum absolute atomic E-state index is 0. The third-order valence-corrected chi connectivity index (χ3v) is 6.87. The summed E-state index contributed by atoms with van der Waals surface area (Å²) >= 11 is 0. The maximum Gasteiger partial charge on any atom is 2.00 e. The van der Waals surface area contributed by atoms with Crippen molar-refractivity contribution in [3.05, 3.63) is 108 Å². The average molecular weight is 782 g/mol. The van der Waals surface area contributed by atoms with Crippen LogP contribution in [0.5, 0.6) is 11.5 Å². The molecule has 7 aromatic rings. The third-order valence-electron chi connectivity index (χ3n) is 6.87. The van der Waals surface area contributed by atoms with Crippen LogP contribution in [0.15, 0.2) is 91.3 Å². The molecule has 17 heteroatoms. The molecule has 0 aliphatic rings. The second kappa shape index (κ2) is 15.6. The molecule has 6 aromatic heterocycles. The molecule has 0 amide bonds. The molecule has 1 aromatic carbocycles. The number of nitrogens with zero attached hydrogens (tertiary/aromatic N) is 8. The van der Waals surface area contributed by atoms with Gasteiger partial charge in [-0.05, 0) is 49.4 Å². The summed E-state index contributed by atoms with van der Waals surface area (Å²) in [6, 6.07) is 19.7. The number of rotatable bonds is 8. The number of pyridine rings is 4. The quantitative estimate of drug-likeness (QED) is 0.101. The van der Waals surface area contributed by atoms with Crippen LogP contribution in [0.2, 0.25) is 0 Å². The van der Waals surface area contributed by atoms with Crippen molar-refractivity contribution >= 4 is 23.8 Å². The van der Waals surface area contributed by atoms with Crippen molar-refractivity contribution in [3.8, 4) is 56.9 Å². The summed E-state index contributed by atoms with van der Waals surface area (Å²) in [5.41, 5.74) is 3.18. The van der Waals surface area contributed by atoms with Gasteiger partial charge in [0.25, 0.3) is 12.9 Å². The van der Waals surface area contributed by atoms with E-state index < -0.39 is 17.7 Å². The summed E-state index contributed by atoms with van der Waals surface area (Å²) in [6.45, 7) is 2.37. The summed E-state index contributed by atoms with van der Waals surface area (Å²) in [4.78, 5) is 38.8. The predicted octanol–water partition coefficient (Wildman–Crippen LogP) is 6.01. The predicted molar refractivity (Wildman–Crippen MR) is 169 cm³/mol. The standard InChI is InChI=1S/C21H12FN3O4.C13H8F3N5.Ru/c22-14-6-13-2-1-4-24-21(13)17(7-14)18-9-16(29-12-27)10-20(25-18)19-8-15(28-11-26)3-5-23-19;1-7-5-10(19-18-7)8-3-2-4-9(17-8)11-6-12(21-20-11)13(14,15)16;/h1-12H;2-6H,1H3;/q;-2;+2. The Morgan fingerprint density at radius 2 is 1.35 bits per heavy atom. The number of benzene rings is 1. The molecule has 0 aliphatic heterocycles. The largest absolute Gasteiger partial charge is 2.00 e. The van der Waals surface area contributed by atoms with Gasteiger partial charge in [-0.25, -0.2) is 9.37 Å². The van der Waals surface area contributed by atoms with Crippen LogP contribution in [-0.4, -0.2) is 43.1 Å². The van der Waals surface area contributed by atoms with Crippen molar-refractivity contribution in [2.75, 3.05) is 0 Å². The molecule has 0 bridgehead atoms. The Morgan fingerprint density at radius 1 is 0.686 bits per heavy atom. The van der Waals surface area contributed by atoms with E-state index in [0.29, 0.717) is 57.1 Å². The van der Waals surface area contributed by atoms with Crippen LogP contribution < -0.4 is 19.7 Å². The number of aryl methyl sites for hydroxylation is 1. The molecule has 0 atom stereocenters. The Hall–Kier alpha value is -6.22. The van der Waals surface area contributed by atoms with Gasteiger partial charge in [0, 0.05) is 47.2 Å². The number of aromatic nitrogens is 8. The van der Waals surface area contributed by atoms with Crippen molar-refractivity contribution in [3.63, 3.8) is 0 Å². The van der Waals surface area contributed by atoms with E-state index in [1.165, 1.54) is 42.6 Å². The number of halogens is 4. The zero-order valence-electron chi connectivity index (χ0n) is 25.9. The second-order valence-electron chi connectivity index (χ2n) is 10.3. The number of hydrogen-bond donors (Lipinski definition) is 0. The first-order chi connectivity index (χ1) is 24.1. The van der Waals surface area contributed by atoms with Gasteiger partial charge in [0.1, 0.15) is 23.0 Å². The topological polar surface area (TPSA) is 158 Å². The monoisotopic (exact) mass is 782 g/mol. The first-order valence-electron chi connectivity index (χ1n) is 14.4. The van der Waals surface area contributed by atoms with E-state index in [0.717, 1.165) is 11.8 Å². The van der Waals surface area contributed by atoms with Crippen LogP contribution in [-0.2, 0) is 35.2 Å². The SMILES string of the molecule is Cc1cc(-c2cccc(-c3cc(C(F)(F)F)n[n-]3)n2)[n-]n1.O=COc1ccnc(-c2cc(OC=O)cc(-c3cc(F)cc4cccnc34)n2)c1.[Ru+2]. The van der Waals surface area contributed by atoms with Gasteiger partial charge in [0.15, 0.2) is 0 Å². The zero-order valence-corrected chi connectivity index (χ0v) is 27.6. The van der Waals surface area contributed by atoms with Crippen LogP contribution in [0.1, 0.15) is 11.4 Å². The van der Waals surface area contributed by atoms with E-state index in [9.17, 15) is 27.2 Å². The molecule has 12 nitrogen and oxygen atoms in total. The molecule has 51 heavy (non-hydrogen) atoms. The molecule has 0 spiro atoms. The Morgan fingerprint density at radius 3 is 2.04 bits per heavy atom. The number of fused-ring (bicyclic) bond motifs is 1. The average Bonchev–Trinajstić information content (AvgIpc) is 3.79. The van der Waals surface area contributed by atoms with Gasteiger partial charge < -0.3 is 29.9 Å². The Bertz CT molecular complexity index is 2330. The molecule has 0 saturated carbocycles. The van der Waals surface area contributed by atoms with E-state index in [4.69, 9.17) is 9.47 Å². The van der Waals surface area contributed by atoms with Gasteiger partial charge in [-0.1, -0.05) is 29.6 Å². The molecule has 256 valence electrons. The maximum atomic E-state index is 14.2. The molecule has 6 heterocycles. The minimum atomic E-state index is -4.52. The van der Waals surface area contributed by atoms with Crippen molar-refractivity contribution < 1.29 is 56.1 Å². The fourth-order valence-corrected chi connectivity index (χ4v) is 4.72. The minimum Gasteiger partial charge on any atom is -0.574 e. The van der Waals surface area contributed by atoms with E-state index in [1.54, 1.807) is 49.5 Å². The fraction of sp³-hybridized carbons (Fsp3) is 0.0588.